The number of hydrogen-bond donors (Lipinski definition) is 2. The van der Waals surface area contributed by atoms with E-state index >= 15 is 0 Å². The van der Waals surface area contributed by atoms with Crippen molar-refractivity contribution in [1.29, 1.82) is 0 Å². The molecular weight excluding hydrogens is 458 g/mol. The average molecular weight is 488 g/mol. The van der Waals surface area contributed by atoms with Gasteiger partial charge in [0.25, 0.3) is 0 Å². The maximum Gasteiger partial charge on any atom is 0.227 e. The van der Waals surface area contributed by atoms with E-state index in [1.54, 1.807) is 7.05 Å². The summed E-state index contributed by atoms with van der Waals surface area (Å²) in [6.07, 6.45) is 4.42. The second kappa shape index (κ2) is 10.9. The predicted molar refractivity (Wildman–Crippen MR) is 141 cm³/mol. The maximum absolute atomic E-state index is 11.9. The van der Waals surface area contributed by atoms with Crippen molar-refractivity contribution in [3.8, 4) is 16.9 Å². The fraction of sp³-hybridized carbons (Fsp3) is 0.259. The molecule has 0 bridgehead atoms. The molecule has 35 heavy (non-hydrogen) atoms. The topological polar surface area (TPSA) is 79.4 Å². The molecule has 0 spiro atoms. The van der Waals surface area contributed by atoms with Crippen LogP contribution in [0.4, 0.5) is 11.6 Å². The molecule has 7 nitrogen and oxygen atoms in total. The van der Waals surface area contributed by atoms with E-state index in [9.17, 15) is 4.21 Å². The SMILES string of the molecule is CNS(=O)c1ccc(Nc2ncc3cccc(-c4ccc(OCCN5CCCC5)cc4)c3n2)cc1. The molecule has 180 valence electrons. The van der Waals surface area contributed by atoms with E-state index in [-0.39, 0.29) is 0 Å². The molecule has 1 unspecified atom stereocenters. The lowest BCUT2D eigenvalue weighted by Crippen LogP contribution is -2.25. The molecule has 4 aromatic rings. The first kappa shape index (κ1) is 23.4. The summed E-state index contributed by atoms with van der Waals surface area (Å²) < 4.78 is 20.6. The highest BCUT2D eigenvalue weighted by molar-refractivity contribution is 7.83. The molecule has 1 aromatic heterocycles. The van der Waals surface area contributed by atoms with E-state index in [2.05, 4.69) is 38.1 Å². The van der Waals surface area contributed by atoms with Gasteiger partial charge in [-0.2, -0.15) is 0 Å². The zero-order valence-corrected chi connectivity index (χ0v) is 20.6. The third-order valence-electron chi connectivity index (χ3n) is 6.16. The number of ether oxygens (including phenoxy) is 1. The molecule has 1 aliphatic rings. The Hall–Kier alpha value is -3.33. The van der Waals surface area contributed by atoms with E-state index in [1.807, 2.05) is 54.7 Å². The monoisotopic (exact) mass is 487 g/mol. The molecule has 8 heteroatoms. The Morgan fingerprint density at radius 1 is 1.00 bits per heavy atom. The first-order chi connectivity index (χ1) is 17.2. The van der Waals surface area contributed by atoms with Gasteiger partial charge < -0.3 is 10.1 Å². The van der Waals surface area contributed by atoms with Gasteiger partial charge in [0.1, 0.15) is 23.3 Å². The Labute approximate surface area is 208 Å². The lowest BCUT2D eigenvalue weighted by atomic mass is 10.0. The van der Waals surface area contributed by atoms with Crippen LogP contribution in [0.3, 0.4) is 0 Å². The van der Waals surface area contributed by atoms with Crippen LogP contribution in [0, 0.1) is 0 Å². The number of anilines is 2. The Morgan fingerprint density at radius 3 is 2.51 bits per heavy atom. The Bertz CT molecular complexity index is 1310. The highest BCUT2D eigenvalue weighted by atomic mass is 32.2. The smallest absolute Gasteiger partial charge is 0.227 e. The lowest BCUT2D eigenvalue weighted by molar-refractivity contribution is 0.238. The van der Waals surface area contributed by atoms with Crippen molar-refractivity contribution >= 4 is 33.5 Å². The first-order valence-corrected chi connectivity index (χ1v) is 13.0. The molecule has 2 heterocycles. The van der Waals surface area contributed by atoms with Gasteiger partial charge in [-0.05, 0) is 74.9 Å². The molecule has 1 saturated heterocycles. The largest absolute Gasteiger partial charge is 0.492 e. The van der Waals surface area contributed by atoms with Crippen molar-refractivity contribution in [1.82, 2.24) is 19.6 Å². The zero-order chi connectivity index (χ0) is 24.0. The number of nitrogens with zero attached hydrogens (tertiary/aromatic N) is 3. The number of likely N-dealkylation sites (tertiary alicyclic amines) is 1. The van der Waals surface area contributed by atoms with Crippen LogP contribution < -0.4 is 14.8 Å². The van der Waals surface area contributed by atoms with Gasteiger partial charge in [-0.15, -0.1) is 0 Å². The third kappa shape index (κ3) is 5.67. The van der Waals surface area contributed by atoms with Crippen LogP contribution in [0.15, 0.2) is 77.8 Å². The third-order valence-corrected chi connectivity index (χ3v) is 7.23. The normalized spacial score (nSPS) is 14.8. The van der Waals surface area contributed by atoms with Crippen molar-refractivity contribution in [3.63, 3.8) is 0 Å². The van der Waals surface area contributed by atoms with Crippen molar-refractivity contribution in [2.75, 3.05) is 38.6 Å². The van der Waals surface area contributed by atoms with Crippen LogP contribution in [-0.2, 0) is 11.0 Å². The van der Waals surface area contributed by atoms with Gasteiger partial charge in [-0.3, -0.25) is 4.90 Å². The number of benzene rings is 3. The Morgan fingerprint density at radius 2 is 1.77 bits per heavy atom. The number of fused-ring (bicyclic) bond motifs is 1. The fourth-order valence-electron chi connectivity index (χ4n) is 4.29. The molecule has 1 atom stereocenters. The minimum Gasteiger partial charge on any atom is -0.492 e. The van der Waals surface area contributed by atoms with Gasteiger partial charge in [0.05, 0.1) is 10.4 Å². The molecule has 0 amide bonds. The van der Waals surface area contributed by atoms with Crippen molar-refractivity contribution < 1.29 is 8.95 Å². The molecule has 1 fully saturated rings. The van der Waals surface area contributed by atoms with Crippen molar-refractivity contribution in [2.45, 2.75) is 17.7 Å². The van der Waals surface area contributed by atoms with Crippen molar-refractivity contribution in [3.05, 3.63) is 72.9 Å². The number of nitrogens with one attached hydrogen (secondary N) is 2. The average Bonchev–Trinajstić information content (AvgIpc) is 3.42. The molecule has 0 aliphatic carbocycles. The summed E-state index contributed by atoms with van der Waals surface area (Å²) in [4.78, 5) is 12.4. The van der Waals surface area contributed by atoms with E-state index in [0.717, 1.165) is 40.0 Å². The molecule has 0 radical (unpaired) electrons. The molecule has 3 aromatic carbocycles. The van der Waals surface area contributed by atoms with Crippen LogP contribution in [0.5, 0.6) is 5.75 Å². The van der Waals surface area contributed by atoms with Gasteiger partial charge in [0, 0.05) is 29.4 Å². The minimum atomic E-state index is -1.21. The Balaban J connectivity index is 1.32. The molecule has 0 saturated carbocycles. The van der Waals surface area contributed by atoms with Gasteiger partial charge in [0.2, 0.25) is 5.95 Å². The quantitative estimate of drug-likeness (QED) is 0.355. The van der Waals surface area contributed by atoms with Gasteiger partial charge in [-0.25, -0.2) is 18.9 Å². The summed E-state index contributed by atoms with van der Waals surface area (Å²) in [5.74, 6) is 1.39. The van der Waals surface area contributed by atoms with Gasteiger partial charge in [0.15, 0.2) is 0 Å². The number of rotatable bonds is 9. The summed E-state index contributed by atoms with van der Waals surface area (Å²) in [6, 6.07) is 21.7. The van der Waals surface area contributed by atoms with E-state index in [4.69, 9.17) is 9.72 Å². The van der Waals surface area contributed by atoms with Crippen LogP contribution in [-0.4, -0.2) is 52.4 Å². The standard InChI is InChI=1S/C27H29N5O2S/c1-28-35(33)24-13-9-22(10-14-24)30-27-29-19-21-5-4-6-25(26(21)31-27)20-7-11-23(12-8-20)34-18-17-32-15-2-3-16-32/h4-14,19,28H,2-3,15-18H2,1H3,(H,29,30,31). The van der Waals surface area contributed by atoms with Crippen LogP contribution >= 0.6 is 0 Å². The predicted octanol–water partition coefficient (Wildman–Crippen LogP) is 4.76. The summed E-state index contributed by atoms with van der Waals surface area (Å²) in [7, 11) is 0.453. The molecule has 5 rings (SSSR count). The minimum absolute atomic E-state index is 0.509. The van der Waals surface area contributed by atoms with Crippen LogP contribution in [0.1, 0.15) is 12.8 Å². The highest BCUT2D eigenvalue weighted by Crippen LogP contribution is 2.29. The highest BCUT2D eigenvalue weighted by Gasteiger charge is 2.11. The van der Waals surface area contributed by atoms with Crippen LogP contribution in [0.2, 0.25) is 0 Å². The van der Waals surface area contributed by atoms with Crippen molar-refractivity contribution in [2.24, 2.45) is 0 Å². The van der Waals surface area contributed by atoms with Gasteiger partial charge >= 0.3 is 0 Å². The molecular formula is C27H29N5O2S. The lowest BCUT2D eigenvalue weighted by Gasteiger charge is -2.15. The summed E-state index contributed by atoms with van der Waals surface area (Å²) in [5.41, 5.74) is 3.82. The maximum atomic E-state index is 11.9. The zero-order valence-electron chi connectivity index (χ0n) is 19.7. The number of hydrogen-bond acceptors (Lipinski definition) is 6. The molecule has 2 N–H and O–H groups in total. The van der Waals surface area contributed by atoms with Crippen LogP contribution in [0.25, 0.3) is 22.0 Å². The summed E-state index contributed by atoms with van der Waals surface area (Å²) in [6.45, 7) is 4.06. The summed E-state index contributed by atoms with van der Waals surface area (Å²) >= 11 is 0. The second-order valence-corrected chi connectivity index (χ2v) is 9.90. The van der Waals surface area contributed by atoms with E-state index in [1.165, 1.54) is 25.9 Å². The van der Waals surface area contributed by atoms with E-state index < -0.39 is 11.0 Å². The Kier molecular flexibility index (Phi) is 7.32. The summed E-state index contributed by atoms with van der Waals surface area (Å²) in [5, 5.41) is 4.22. The second-order valence-electron chi connectivity index (χ2n) is 8.48. The first-order valence-electron chi connectivity index (χ1n) is 11.9. The number of aromatic nitrogens is 2. The fourth-order valence-corrected chi connectivity index (χ4v) is 4.91. The van der Waals surface area contributed by atoms with Gasteiger partial charge in [-0.1, -0.05) is 30.3 Å². The molecule has 1 aliphatic heterocycles. The number of para-hydroxylation sites is 1. The van der Waals surface area contributed by atoms with E-state index in [0.29, 0.717) is 17.5 Å².